The van der Waals surface area contributed by atoms with Gasteiger partial charge in [0.15, 0.2) is 0 Å². The molecule has 0 spiro atoms. The Kier molecular flexibility index (Phi) is 5.31. The Bertz CT molecular complexity index is 482. The van der Waals surface area contributed by atoms with Crippen LogP contribution >= 0.6 is 0 Å². The average Bonchev–Trinajstić information content (AvgIpc) is 2.47. The Morgan fingerprint density at radius 2 is 2.05 bits per heavy atom. The molecule has 1 aromatic heterocycles. The smallest absolute Gasteiger partial charge is 0.303 e. The van der Waals surface area contributed by atoms with E-state index < -0.39 is 5.97 Å². The van der Waals surface area contributed by atoms with E-state index in [0.717, 1.165) is 37.7 Å². The largest absolute Gasteiger partial charge is 0.481 e. The van der Waals surface area contributed by atoms with Gasteiger partial charge in [-0.1, -0.05) is 25.3 Å². The molecule has 1 aliphatic carbocycles. The van der Waals surface area contributed by atoms with Gasteiger partial charge in [0.2, 0.25) is 5.91 Å². The number of hydrogen-bond donors (Lipinski definition) is 2. The van der Waals surface area contributed by atoms with Crippen LogP contribution in [0.5, 0.6) is 0 Å². The highest BCUT2D eigenvalue weighted by atomic mass is 16.4. The first-order valence-corrected chi connectivity index (χ1v) is 7.47. The van der Waals surface area contributed by atoms with E-state index in [0.29, 0.717) is 6.54 Å². The fraction of sp³-hybridized carbons (Fsp3) is 0.562. The molecule has 1 saturated carbocycles. The van der Waals surface area contributed by atoms with E-state index >= 15 is 0 Å². The van der Waals surface area contributed by atoms with Crippen LogP contribution in [-0.4, -0.2) is 28.5 Å². The SMILES string of the molecule is O=C(O)CC1(CNC(=O)Cc2cccnc2)CCCCC1. The third-order valence-corrected chi connectivity index (χ3v) is 4.19. The Morgan fingerprint density at radius 1 is 1.29 bits per heavy atom. The number of nitrogens with zero attached hydrogens (tertiary/aromatic N) is 1. The molecule has 0 atom stereocenters. The van der Waals surface area contributed by atoms with Gasteiger partial charge in [0.25, 0.3) is 0 Å². The summed E-state index contributed by atoms with van der Waals surface area (Å²) in [4.78, 5) is 27.1. The number of aromatic nitrogens is 1. The minimum Gasteiger partial charge on any atom is -0.481 e. The molecule has 0 radical (unpaired) electrons. The molecule has 0 bridgehead atoms. The lowest BCUT2D eigenvalue weighted by Gasteiger charge is -2.36. The third-order valence-electron chi connectivity index (χ3n) is 4.19. The lowest BCUT2D eigenvalue weighted by Crippen LogP contribution is -2.41. The zero-order chi connectivity index (χ0) is 15.1. The summed E-state index contributed by atoms with van der Waals surface area (Å²) in [5, 5.41) is 12.0. The van der Waals surface area contributed by atoms with Crippen LogP contribution in [0.2, 0.25) is 0 Å². The maximum Gasteiger partial charge on any atom is 0.303 e. The molecule has 2 N–H and O–H groups in total. The van der Waals surface area contributed by atoms with Crippen molar-refractivity contribution in [1.82, 2.24) is 10.3 Å². The fourth-order valence-corrected chi connectivity index (χ4v) is 3.08. The van der Waals surface area contributed by atoms with Crippen LogP contribution in [0.25, 0.3) is 0 Å². The number of amides is 1. The number of carboxylic acids is 1. The van der Waals surface area contributed by atoms with E-state index in [9.17, 15) is 9.59 Å². The molecule has 1 fully saturated rings. The van der Waals surface area contributed by atoms with Gasteiger partial charge in [0, 0.05) is 18.9 Å². The molecule has 2 rings (SSSR count). The highest BCUT2D eigenvalue weighted by Gasteiger charge is 2.34. The molecule has 21 heavy (non-hydrogen) atoms. The van der Waals surface area contributed by atoms with Crippen LogP contribution in [0.4, 0.5) is 0 Å². The quantitative estimate of drug-likeness (QED) is 0.841. The first-order valence-electron chi connectivity index (χ1n) is 7.47. The van der Waals surface area contributed by atoms with Crippen molar-refractivity contribution in [3.8, 4) is 0 Å². The zero-order valence-electron chi connectivity index (χ0n) is 12.2. The molecule has 0 saturated heterocycles. The molecule has 1 aromatic rings. The summed E-state index contributed by atoms with van der Waals surface area (Å²) in [6.45, 7) is 0.457. The van der Waals surface area contributed by atoms with Crippen molar-refractivity contribution in [1.29, 1.82) is 0 Å². The highest BCUT2D eigenvalue weighted by molar-refractivity contribution is 5.78. The number of pyridine rings is 1. The van der Waals surface area contributed by atoms with Crippen LogP contribution in [-0.2, 0) is 16.0 Å². The number of carbonyl (C=O) groups is 2. The van der Waals surface area contributed by atoms with Crippen LogP contribution in [0.1, 0.15) is 44.1 Å². The summed E-state index contributed by atoms with van der Waals surface area (Å²) in [6.07, 6.45) is 8.79. The van der Waals surface area contributed by atoms with Crippen molar-refractivity contribution >= 4 is 11.9 Å². The standard InChI is InChI=1S/C16H22N2O3/c19-14(9-13-5-4-8-17-11-13)18-12-16(10-15(20)21)6-2-1-3-7-16/h4-5,8,11H,1-3,6-7,9-10,12H2,(H,18,19)(H,20,21). The molecule has 0 unspecified atom stereocenters. The second-order valence-electron chi connectivity index (χ2n) is 5.95. The van der Waals surface area contributed by atoms with Gasteiger partial charge in [-0.3, -0.25) is 14.6 Å². The van der Waals surface area contributed by atoms with Gasteiger partial charge in [-0.2, -0.15) is 0 Å². The molecule has 5 heteroatoms. The maximum atomic E-state index is 12.0. The van der Waals surface area contributed by atoms with Gasteiger partial charge >= 0.3 is 5.97 Å². The molecule has 0 aliphatic heterocycles. The Balaban J connectivity index is 1.89. The van der Waals surface area contributed by atoms with Crippen LogP contribution in [0.3, 0.4) is 0 Å². The summed E-state index contributed by atoms with van der Waals surface area (Å²) in [7, 11) is 0. The topological polar surface area (TPSA) is 79.3 Å². The van der Waals surface area contributed by atoms with Crippen LogP contribution in [0, 0.1) is 5.41 Å². The minimum atomic E-state index is -0.779. The summed E-state index contributed by atoms with van der Waals surface area (Å²) < 4.78 is 0. The highest BCUT2D eigenvalue weighted by Crippen LogP contribution is 2.38. The maximum absolute atomic E-state index is 12.0. The monoisotopic (exact) mass is 290 g/mol. The van der Waals surface area contributed by atoms with Gasteiger partial charge in [0.05, 0.1) is 12.8 Å². The number of carboxylic acid groups (broad SMARTS) is 1. The molecule has 114 valence electrons. The third kappa shape index (κ3) is 4.85. The normalized spacial score (nSPS) is 17.1. The summed E-state index contributed by atoms with van der Waals surface area (Å²) >= 11 is 0. The molecule has 1 heterocycles. The first-order chi connectivity index (χ1) is 10.1. The molecular weight excluding hydrogens is 268 g/mol. The number of nitrogens with one attached hydrogen (secondary N) is 1. The lowest BCUT2D eigenvalue weighted by molar-refractivity contribution is -0.140. The van der Waals surface area contributed by atoms with E-state index in [4.69, 9.17) is 5.11 Å². The summed E-state index contributed by atoms with van der Waals surface area (Å²) in [5.74, 6) is -0.850. The van der Waals surface area contributed by atoms with Crippen molar-refractivity contribution in [2.45, 2.75) is 44.9 Å². The summed E-state index contributed by atoms with van der Waals surface area (Å²) in [5.41, 5.74) is 0.597. The van der Waals surface area contributed by atoms with Crippen LogP contribution in [0.15, 0.2) is 24.5 Å². The Labute approximate surface area is 124 Å². The lowest BCUT2D eigenvalue weighted by atomic mass is 9.71. The van der Waals surface area contributed by atoms with Crippen LogP contribution < -0.4 is 5.32 Å². The van der Waals surface area contributed by atoms with E-state index in [1.165, 1.54) is 0 Å². The van der Waals surface area contributed by atoms with Gasteiger partial charge in [-0.25, -0.2) is 0 Å². The zero-order valence-corrected chi connectivity index (χ0v) is 12.2. The average molecular weight is 290 g/mol. The van der Waals surface area contributed by atoms with Gasteiger partial charge in [0.1, 0.15) is 0 Å². The molecule has 1 aliphatic rings. The predicted octanol–water partition coefficient (Wildman–Crippen LogP) is 2.17. The second-order valence-corrected chi connectivity index (χ2v) is 5.95. The van der Waals surface area contributed by atoms with Crippen molar-refractivity contribution in [2.24, 2.45) is 5.41 Å². The Morgan fingerprint density at radius 3 is 2.67 bits per heavy atom. The van der Waals surface area contributed by atoms with Gasteiger partial charge < -0.3 is 10.4 Å². The van der Waals surface area contributed by atoms with E-state index in [1.807, 2.05) is 6.07 Å². The van der Waals surface area contributed by atoms with Crippen molar-refractivity contribution in [3.05, 3.63) is 30.1 Å². The van der Waals surface area contributed by atoms with Crippen molar-refractivity contribution in [3.63, 3.8) is 0 Å². The van der Waals surface area contributed by atoms with Crippen molar-refractivity contribution in [2.75, 3.05) is 6.54 Å². The van der Waals surface area contributed by atoms with E-state index in [1.54, 1.807) is 18.5 Å². The molecular formula is C16H22N2O3. The second kappa shape index (κ2) is 7.20. The number of aliphatic carboxylic acids is 1. The number of carbonyl (C=O) groups excluding carboxylic acids is 1. The van der Waals surface area contributed by atoms with Gasteiger partial charge in [-0.15, -0.1) is 0 Å². The fourth-order valence-electron chi connectivity index (χ4n) is 3.08. The number of hydrogen-bond acceptors (Lipinski definition) is 3. The predicted molar refractivity (Wildman–Crippen MR) is 78.7 cm³/mol. The van der Waals surface area contributed by atoms with E-state index in [-0.39, 0.29) is 24.2 Å². The number of rotatable bonds is 6. The molecule has 5 nitrogen and oxygen atoms in total. The van der Waals surface area contributed by atoms with Gasteiger partial charge in [-0.05, 0) is 29.9 Å². The molecule has 0 aromatic carbocycles. The van der Waals surface area contributed by atoms with Crippen molar-refractivity contribution < 1.29 is 14.7 Å². The first kappa shape index (κ1) is 15.5. The summed E-state index contributed by atoms with van der Waals surface area (Å²) in [6, 6.07) is 3.66. The molecule has 1 amide bonds. The van der Waals surface area contributed by atoms with E-state index in [2.05, 4.69) is 10.3 Å². The minimum absolute atomic E-state index is 0.0710. The Hall–Kier alpha value is -1.91.